The van der Waals surface area contributed by atoms with Crippen LogP contribution < -0.4 is 0 Å². The highest BCUT2D eigenvalue weighted by Gasteiger charge is 2.51. The lowest BCUT2D eigenvalue weighted by molar-refractivity contribution is 0.0126. The van der Waals surface area contributed by atoms with Gasteiger partial charge in [0.25, 0.3) is 0 Å². The Kier molecular flexibility index (Phi) is 2.39. The van der Waals surface area contributed by atoms with E-state index in [9.17, 15) is 13.5 Å². The molecule has 2 fully saturated rings. The zero-order valence-electron chi connectivity index (χ0n) is 8.57. The van der Waals surface area contributed by atoms with Gasteiger partial charge < -0.3 is 5.11 Å². The van der Waals surface area contributed by atoms with Gasteiger partial charge >= 0.3 is 0 Å². The standard InChI is InChI=1S/C10H18O3S/c1-2-5-10(11)6-8-3-4-9(7-10)14(8,12)13/h8-9,11H,2-7H2,1H3. The Morgan fingerprint density at radius 1 is 1.29 bits per heavy atom. The van der Waals surface area contributed by atoms with Crippen LogP contribution in [0.3, 0.4) is 0 Å². The third-order valence-corrected chi connectivity index (χ3v) is 6.33. The van der Waals surface area contributed by atoms with Crippen molar-refractivity contribution in [3.8, 4) is 0 Å². The van der Waals surface area contributed by atoms with Gasteiger partial charge in [-0.25, -0.2) is 8.42 Å². The van der Waals surface area contributed by atoms with Crippen LogP contribution in [0.5, 0.6) is 0 Å². The van der Waals surface area contributed by atoms with E-state index in [4.69, 9.17) is 0 Å². The molecule has 0 spiro atoms. The maximum Gasteiger partial charge on any atom is 0.156 e. The maximum absolute atomic E-state index is 11.8. The zero-order chi connectivity index (χ0) is 10.4. The predicted octanol–water partition coefficient (Wildman–Crippen LogP) is 1.26. The molecule has 82 valence electrons. The van der Waals surface area contributed by atoms with Crippen LogP contribution in [0.15, 0.2) is 0 Å². The molecule has 0 aromatic carbocycles. The first-order chi connectivity index (χ1) is 6.48. The molecule has 0 radical (unpaired) electrons. The third-order valence-electron chi connectivity index (χ3n) is 3.67. The number of hydrogen-bond donors (Lipinski definition) is 1. The number of hydrogen-bond acceptors (Lipinski definition) is 3. The van der Waals surface area contributed by atoms with Gasteiger partial charge in [0.1, 0.15) is 0 Å². The third kappa shape index (κ3) is 1.48. The van der Waals surface area contributed by atoms with Crippen LogP contribution >= 0.6 is 0 Å². The molecule has 2 saturated heterocycles. The second-order valence-corrected chi connectivity index (χ2v) is 7.30. The highest BCUT2D eigenvalue weighted by molar-refractivity contribution is 7.93. The molecule has 2 atom stereocenters. The molecule has 1 N–H and O–H groups in total. The highest BCUT2D eigenvalue weighted by atomic mass is 32.2. The van der Waals surface area contributed by atoms with Crippen molar-refractivity contribution in [1.82, 2.24) is 0 Å². The summed E-state index contributed by atoms with van der Waals surface area (Å²) in [6, 6.07) is 0. The summed E-state index contributed by atoms with van der Waals surface area (Å²) in [6.07, 6.45) is 4.14. The summed E-state index contributed by atoms with van der Waals surface area (Å²) < 4.78 is 23.5. The van der Waals surface area contributed by atoms with Crippen LogP contribution in [0.2, 0.25) is 0 Å². The average molecular weight is 218 g/mol. The molecule has 4 heteroatoms. The lowest BCUT2D eigenvalue weighted by Crippen LogP contribution is -2.44. The second-order valence-electron chi connectivity index (χ2n) is 4.79. The van der Waals surface area contributed by atoms with Gasteiger partial charge in [-0.2, -0.15) is 0 Å². The molecule has 14 heavy (non-hydrogen) atoms. The van der Waals surface area contributed by atoms with Crippen molar-refractivity contribution in [3.05, 3.63) is 0 Å². The van der Waals surface area contributed by atoms with E-state index in [-0.39, 0.29) is 10.5 Å². The van der Waals surface area contributed by atoms with Gasteiger partial charge in [-0.05, 0) is 32.1 Å². The van der Waals surface area contributed by atoms with Crippen molar-refractivity contribution >= 4 is 9.84 Å². The number of sulfone groups is 1. The SMILES string of the molecule is CCCC1(O)CC2CCC(C1)S2(=O)=O. The summed E-state index contributed by atoms with van der Waals surface area (Å²) in [5, 5.41) is 9.72. The molecule has 0 aromatic heterocycles. The Balaban J connectivity index is 2.21. The second kappa shape index (κ2) is 3.20. The molecule has 3 nitrogen and oxygen atoms in total. The summed E-state index contributed by atoms with van der Waals surface area (Å²) in [5.41, 5.74) is -0.689. The van der Waals surface area contributed by atoms with Gasteiger partial charge in [0, 0.05) is 0 Å². The Morgan fingerprint density at radius 3 is 2.21 bits per heavy atom. The number of rotatable bonds is 2. The van der Waals surface area contributed by atoms with Crippen molar-refractivity contribution in [2.75, 3.05) is 0 Å². The normalized spacial score (nSPS) is 45.3. The molecule has 0 amide bonds. The monoisotopic (exact) mass is 218 g/mol. The molecule has 2 bridgehead atoms. The number of fused-ring (bicyclic) bond motifs is 2. The van der Waals surface area contributed by atoms with Crippen LogP contribution in [0, 0.1) is 0 Å². The molecule has 2 aliphatic rings. The fraction of sp³-hybridized carbons (Fsp3) is 1.00. The van der Waals surface area contributed by atoms with Gasteiger partial charge in [0.15, 0.2) is 9.84 Å². The van der Waals surface area contributed by atoms with Crippen molar-refractivity contribution in [1.29, 1.82) is 0 Å². The summed E-state index contributed by atoms with van der Waals surface area (Å²) in [7, 11) is -2.88. The Morgan fingerprint density at radius 2 is 1.79 bits per heavy atom. The van der Waals surface area contributed by atoms with Gasteiger partial charge in [-0.15, -0.1) is 0 Å². The molecule has 2 aliphatic heterocycles. The fourth-order valence-corrected chi connectivity index (χ4v) is 5.57. The summed E-state index contributed by atoms with van der Waals surface area (Å²) >= 11 is 0. The summed E-state index contributed by atoms with van der Waals surface area (Å²) in [6.45, 7) is 2.03. The summed E-state index contributed by atoms with van der Waals surface area (Å²) in [4.78, 5) is 0. The first-order valence-electron chi connectivity index (χ1n) is 5.43. The number of aliphatic hydroxyl groups is 1. The van der Waals surface area contributed by atoms with Gasteiger partial charge in [0.2, 0.25) is 0 Å². The van der Waals surface area contributed by atoms with E-state index in [2.05, 4.69) is 0 Å². The molecule has 0 saturated carbocycles. The Bertz CT molecular complexity index is 300. The van der Waals surface area contributed by atoms with E-state index in [1.54, 1.807) is 0 Å². The molecular weight excluding hydrogens is 200 g/mol. The van der Waals surface area contributed by atoms with E-state index in [1.807, 2.05) is 6.92 Å². The molecule has 2 unspecified atom stereocenters. The smallest absolute Gasteiger partial charge is 0.156 e. The minimum Gasteiger partial charge on any atom is -0.390 e. The van der Waals surface area contributed by atoms with Crippen LogP contribution in [0.25, 0.3) is 0 Å². The molecule has 2 rings (SSSR count). The van der Waals surface area contributed by atoms with Gasteiger partial charge in [0.05, 0.1) is 16.1 Å². The Hall–Kier alpha value is -0.0900. The maximum atomic E-state index is 11.8. The van der Waals surface area contributed by atoms with E-state index in [1.165, 1.54) is 0 Å². The quantitative estimate of drug-likeness (QED) is 0.759. The lowest BCUT2D eigenvalue weighted by Gasteiger charge is -2.35. The van der Waals surface area contributed by atoms with Crippen LogP contribution in [-0.4, -0.2) is 29.6 Å². The largest absolute Gasteiger partial charge is 0.390 e. The van der Waals surface area contributed by atoms with Crippen molar-refractivity contribution in [3.63, 3.8) is 0 Å². The van der Waals surface area contributed by atoms with Crippen LogP contribution in [0.4, 0.5) is 0 Å². The van der Waals surface area contributed by atoms with E-state index < -0.39 is 15.4 Å². The van der Waals surface area contributed by atoms with Crippen molar-refractivity contribution in [2.45, 2.75) is 61.5 Å². The minimum absolute atomic E-state index is 0.252. The van der Waals surface area contributed by atoms with Crippen LogP contribution in [0.1, 0.15) is 45.4 Å². The fourth-order valence-electron chi connectivity index (χ4n) is 3.01. The molecule has 0 aromatic rings. The van der Waals surface area contributed by atoms with E-state index >= 15 is 0 Å². The average Bonchev–Trinajstić information content (AvgIpc) is 2.31. The first kappa shape index (κ1) is 10.4. The van der Waals surface area contributed by atoms with Crippen molar-refractivity contribution < 1.29 is 13.5 Å². The van der Waals surface area contributed by atoms with E-state index in [0.717, 1.165) is 25.7 Å². The first-order valence-corrected chi connectivity index (χ1v) is 7.04. The van der Waals surface area contributed by atoms with Gasteiger partial charge in [-0.1, -0.05) is 13.3 Å². The molecule has 0 aliphatic carbocycles. The minimum atomic E-state index is -2.88. The molecular formula is C10H18O3S. The molecule has 2 heterocycles. The highest BCUT2D eigenvalue weighted by Crippen LogP contribution is 2.44. The lowest BCUT2D eigenvalue weighted by atomic mass is 9.89. The van der Waals surface area contributed by atoms with Crippen molar-refractivity contribution in [2.24, 2.45) is 0 Å². The van der Waals surface area contributed by atoms with E-state index in [0.29, 0.717) is 12.8 Å². The topological polar surface area (TPSA) is 54.4 Å². The predicted molar refractivity (Wildman–Crippen MR) is 54.8 cm³/mol. The Labute approximate surface area is 85.4 Å². The van der Waals surface area contributed by atoms with Crippen LogP contribution in [-0.2, 0) is 9.84 Å². The zero-order valence-corrected chi connectivity index (χ0v) is 9.39. The van der Waals surface area contributed by atoms with Gasteiger partial charge in [-0.3, -0.25) is 0 Å². The summed E-state index contributed by atoms with van der Waals surface area (Å²) in [5.74, 6) is 0.